The van der Waals surface area contributed by atoms with E-state index in [1.165, 1.54) is 12.1 Å². The van der Waals surface area contributed by atoms with Crippen LogP contribution in [0.5, 0.6) is 17.4 Å². The minimum Gasteiger partial charge on any atom is -0.497 e. The van der Waals surface area contributed by atoms with E-state index in [2.05, 4.69) is 10.3 Å². The topological polar surface area (TPSA) is 126 Å². The first-order valence-electron chi connectivity index (χ1n) is 13.0. The number of anilines is 1. The van der Waals surface area contributed by atoms with Crippen LogP contribution >= 0.6 is 0 Å². The predicted octanol–water partition coefficient (Wildman–Crippen LogP) is 4.37. The number of aromatic hydroxyl groups is 1. The van der Waals surface area contributed by atoms with E-state index in [1.807, 2.05) is 0 Å². The first-order chi connectivity index (χ1) is 19.4. The molecule has 4 N–H and O–H groups in total. The summed E-state index contributed by atoms with van der Waals surface area (Å²) in [7, 11) is 1.54. The Labute approximate surface area is 229 Å². The summed E-state index contributed by atoms with van der Waals surface area (Å²) in [6, 6.07) is 17.0. The molecule has 40 heavy (non-hydrogen) atoms. The number of benzene rings is 3. The Hall–Kier alpha value is -4.57. The number of hydrogen-bond donors (Lipinski definition) is 4. The summed E-state index contributed by atoms with van der Waals surface area (Å²) in [4.78, 5) is 29.4. The van der Waals surface area contributed by atoms with Crippen LogP contribution in [0.1, 0.15) is 35.9 Å². The third-order valence-electron chi connectivity index (χ3n) is 6.91. The first kappa shape index (κ1) is 27.0. The van der Waals surface area contributed by atoms with Crippen LogP contribution in [0.2, 0.25) is 0 Å². The Morgan fingerprint density at radius 3 is 2.42 bits per heavy atom. The van der Waals surface area contributed by atoms with E-state index < -0.39 is 29.3 Å². The number of aliphatic hydroxyl groups excluding tert-OH is 1. The van der Waals surface area contributed by atoms with Crippen LogP contribution in [0.15, 0.2) is 71.5 Å². The lowest BCUT2D eigenvalue weighted by molar-refractivity contribution is -0.119. The Kier molecular flexibility index (Phi) is 7.88. The van der Waals surface area contributed by atoms with Crippen LogP contribution in [-0.2, 0) is 11.2 Å². The molecule has 9 nitrogen and oxygen atoms in total. The maximum atomic E-state index is 14.9. The molecule has 0 saturated heterocycles. The van der Waals surface area contributed by atoms with Gasteiger partial charge >= 0.3 is 5.69 Å². The van der Waals surface area contributed by atoms with Gasteiger partial charge < -0.3 is 30.0 Å². The fourth-order valence-corrected chi connectivity index (χ4v) is 4.62. The fourth-order valence-electron chi connectivity index (χ4n) is 4.62. The van der Waals surface area contributed by atoms with Crippen molar-refractivity contribution in [2.24, 2.45) is 0 Å². The lowest BCUT2D eigenvalue weighted by Crippen LogP contribution is -2.33. The average molecular weight is 548 g/mol. The molecule has 0 spiro atoms. The Morgan fingerprint density at radius 2 is 1.80 bits per heavy atom. The van der Waals surface area contributed by atoms with E-state index in [1.54, 1.807) is 61.7 Å². The molecule has 10 heteroatoms. The lowest BCUT2D eigenvalue weighted by Gasteiger charge is -2.19. The number of aromatic amines is 1. The van der Waals surface area contributed by atoms with Crippen LogP contribution in [0.25, 0.3) is 11.3 Å². The van der Waals surface area contributed by atoms with Crippen molar-refractivity contribution >= 4 is 11.6 Å². The number of nitrogens with zero attached hydrogens (tertiary/aromatic N) is 1. The number of halogens is 1. The SMILES string of the molecule is COc1ccc(C[C@@H](C(=O)Nc2ccc(C3CC3)cc2F)n2c(O)c(-c3ccc(OCCO)cc3)[nH]c2=O)cc1. The molecule has 1 fully saturated rings. The highest BCUT2D eigenvalue weighted by atomic mass is 19.1. The molecule has 1 aliphatic carbocycles. The second-order valence-corrected chi connectivity index (χ2v) is 9.67. The molecule has 0 unspecified atom stereocenters. The van der Waals surface area contributed by atoms with Crippen molar-refractivity contribution in [1.82, 2.24) is 9.55 Å². The minimum atomic E-state index is -1.21. The molecular weight excluding hydrogens is 517 g/mol. The molecule has 3 aromatic carbocycles. The lowest BCUT2D eigenvalue weighted by atomic mass is 10.0. The maximum absolute atomic E-state index is 14.9. The number of aliphatic hydroxyl groups is 1. The van der Waals surface area contributed by atoms with E-state index in [4.69, 9.17) is 14.6 Å². The van der Waals surface area contributed by atoms with Crippen molar-refractivity contribution in [3.05, 3.63) is 94.2 Å². The van der Waals surface area contributed by atoms with Gasteiger partial charge in [-0.25, -0.2) is 13.8 Å². The van der Waals surface area contributed by atoms with Crippen molar-refractivity contribution in [3.63, 3.8) is 0 Å². The molecule has 1 heterocycles. The van der Waals surface area contributed by atoms with Gasteiger partial charge in [0.15, 0.2) is 0 Å². The predicted molar refractivity (Wildman–Crippen MR) is 147 cm³/mol. The smallest absolute Gasteiger partial charge is 0.329 e. The van der Waals surface area contributed by atoms with Crippen molar-refractivity contribution in [2.75, 3.05) is 25.6 Å². The third kappa shape index (κ3) is 5.86. The first-order valence-corrected chi connectivity index (χ1v) is 13.0. The van der Waals surface area contributed by atoms with Crippen molar-refractivity contribution in [1.29, 1.82) is 0 Å². The van der Waals surface area contributed by atoms with Crippen molar-refractivity contribution in [3.8, 4) is 28.6 Å². The number of carbonyl (C=O) groups excluding carboxylic acids is 1. The number of aromatic nitrogens is 2. The molecule has 1 atom stereocenters. The number of imidazole rings is 1. The minimum absolute atomic E-state index is 0.00380. The van der Waals surface area contributed by atoms with Crippen LogP contribution in [-0.4, -0.2) is 46.0 Å². The number of rotatable bonds is 11. The Morgan fingerprint density at radius 1 is 1.10 bits per heavy atom. The van der Waals surface area contributed by atoms with Gasteiger partial charge in [-0.15, -0.1) is 0 Å². The van der Waals surface area contributed by atoms with Gasteiger partial charge in [-0.2, -0.15) is 0 Å². The number of hydrogen-bond acceptors (Lipinski definition) is 6. The molecule has 0 aliphatic heterocycles. The van der Waals surface area contributed by atoms with Crippen LogP contribution in [0.3, 0.4) is 0 Å². The second kappa shape index (κ2) is 11.7. The maximum Gasteiger partial charge on any atom is 0.329 e. The molecule has 1 saturated carbocycles. The third-order valence-corrected chi connectivity index (χ3v) is 6.91. The number of nitrogens with one attached hydrogen (secondary N) is 2. The van der Waals surface area contributed by atoms with Gasteiger partial charge in [-0.05, 0) is 78.4 Å². The van der Waals surface area contributed by atoms with E-state index in [0.717, 1.165) is 23.0 Å². The van der Waals surface area contributed by atoms with Crippen LogP contribution in [0.4, 0.5) is 10.1 Å². The number of carbonyl (C=O) groups is 1. The van der Waals surface area contributed by atoms with Gasteiger partial charge in [0.05, 0.1) is 19.4 Å². The van der Waals surface area contributed by atoms with Gasteiger partial charge in [0.25, 0.3) is 0 Å². The summed E-state index contributed by atoms with van der Waals surface area (Å²) in [5, 5.41) is 22.7. The summed E-state index contributed by atoms with van der Waals surface area (Å²) < 4.78 is 26.4. The highest BCUT2D eigenvalue weighted by molar-refractivity contribution is 5.94. The van der Waals surface area contributed by atoms with Crippen molar-refractivity contribution < 1.29 is 28.9 Å². The molecule has 0 bridgehead atoms. The normalized spacial score (nSPS) is 13.6. The van der Waals surface area contributed by atoms with E-state index in [9.17, 15) is 19.1 Å². The Bertz CT molecular complexity index is 1540. The van der Waals surface area contributed by atoms with Crippen LogP contribution in [0, 0.1) is 5.82 Å². The van der Waals surface area contributed by atoms with Gasteiger partial charge in [0.1, 0.15) is 35.7 Å². The number of amides is 1. The summed E-state index contributed by atoms with van der Waals surface area (Å²) in [6.45, 7) is -0.00518. The summed E-state index contributed by atoms with van der Waals surface area (Å²) in [5.74, 6) is -0.178. The molecule has 0 radical (unpaired) electrons. The average Bonchev–Trinajstić information content (AvgIpc) is 3.77. The standard InChI is InChI=1S/C30H30FN3O6/c1-39-22-9-2-18(3-10-22)16-26(28(36)32-25-13-8-21(17-24(25)31)19-4-5-19)34-29(37)27(33-30(34)38)20-6-11-23(12-7-20)40-15-14-35/h2-3,6-13,17,19,26,35,37H,4-5,14-16H2,1H3,(H,32,36)(H,33,38)/t26-/m0/s1. The molecule has 1 amide bonds. The number of methoxy groups -OCH3 is 1. The highest BCUT2D eigenvalue weighted by Crippen LogP contribution is 2.41. The zero-order chi connectivity index (χ0) is 28.2. The summed E-state index contributed by atoms with van der Waals surface area (Å²) >= 11 is 0. The second-order valence-electron chi connectivity index (χ2n) is 9.67. The zero-order valence-electron chi connectivity index (χ0n) is 21.9. The van der Waals surface area contributed by atoms with Crippen LogP contribution < -0.4 is 20.5 Å². The molecule has 4 aromatic rings. The number of H-pyrrole nitrogens is 1. The monoisotopic (exact) mass is 547 g/mol. The molecule has 1 aliphatic rings. The summed E-state index contributed by atoms with van der Waals surface area (Å²) in [5.41, 5.74) is 1.48. The van der Waals surface area contributed by atoms with E-state index >= 15 is 0 Å². The largest absolute Gasteiger partial charge is 0.497 e. The number of ether oxygens (including phenoxy) is 2. The van der Waals surface area contributed by atoms with Gasteiger partial charge in [-0.1, -0.05) is 18.2 Å². The highest BCUT2D eigenvalue weighted by Gasteiger charge is 2.29. The van der Waals surface area contributed by atoms with E-state index in [-0.39, 0.29) is 31.0 Å². The van der Waals surface area contributed by atoms with Gasteiger partial charge in [0.2, 0.25) is 11.8 Å². The molecule has 1 aromatic heterocycles. The van der Waals surface area contributed by atoms with Gasteiger partial charge in [0, 0.05) is 12.0 Å². The van der Waals surface area contributed by atoms with Crippen molar-refractivity contribution in [2.45, 2.75) is 31.2 Å². The van der Waals surface area contributed by atoms with E-state index in [0.29, 0.717) is 28.5 Å². The quantitative estimate of drug-likeness (QED) is 0.221. The molecular formula is C30H30FN3O6. The Balaban J connectivity index is 1.47. The zero-order valence-corrected chi connectivity index (χ0v) is 21.9. The summed E-state index contributed by atoms with van der Waals surface area (Å²) in [6.07, 6.45) is 2.08. The van der Waals surface area contributed by atoms with Gasteiger partial charge in [-0.3, -0.25) is 4.79 Å². The molecule has 5 rings (SSSR count). The fraction of sp³-hybridized carbons (Fsp3) is 0.267. The molecule has 208 valence electrons.